The SMILES string of the molecule is CC1(C)c2cc(N(c3ccccn3)c3cccc4ccccc34)ccc2-c2c1cc(N(c1ccccn1)c1cccc3ccccc13)c1ccccc21. The fourth-order valence-electron chi connectivity index (χ4n) is 8.43. The van der Waals surface area contributed by atoms with E-state index in [-0.39, 0.29) is 5.41 Å². The molecule has 2 heterocycles. The summed E-state index contributed by atoms with van der Waals surface area (Å²) in [5.41, 5.74) is 9.25. The van der Waals surface area contributed by atoms with Crippen LogP contribution in [0.15, 0.2) is 182 Å². The Kier molecular flexibility index (Phi) is 7.12. The summed E-state index contributed by atoms with van der Waals surface area (Å²) in [5, 5.41) is 7.17. The van der Waals surface area contributed by atoms with Gasteiger partial charge in [-0.05, 0) is 93.0 Å². The van der Waals surface area contributed by atoms with Crippen molar-refractivity contribution in [3.63, 3.8) is 0 Å². The Hall–Kier alpha value is -6.78. The summed E-state index contributed by atoms with van der Waals surface area (Å²) in [6.45, 7) is 4.73. The molecular formula is C49H36N4. The van der Waals surface area contributed by atoms with Gasteiger partial charge in [-0.2, -0.15) is 0 Å². The van der Waals surface area contributed by atoms with Crippen LogP contribution in [-0.4, -0.2) is 9.97 Å². The Labute approximate surface area is 309 Å². The van der Waals surface area contributed by atoms with Crippen molar-refractivity contribution < 1.29 is 0 Å². The number of fused-ring (bicyclic) bond motifs is 7. The average molecular weight is 681 g/mol. The molecule has 0 radical (unpaired) electrons. The van der Waals surface area contributed by atoms with E-state index in [1.54, 1.807) is 0 Å². The highest BCUT2D eigenvalue weighted by atomic mass is 15.2. The van der Waals surface area contributed by atoms with Gasteiger partial charge in [-0.15, -0.1) is 0 Å². The van der Waals surface area contributed by atoms with Gasteiger partial charge in [0, 0.05) is 39.7 Å². The second-order valence-corrected chi connectivity index (χ2v) is 14.3. The van der Waals surface area contributed by atoms with Crippen LogP contribution in [0.25, 0.3) is 43.4 Å². The lowest BCUT2D eigenvalue weighted by atomic mass is 9.81. The molecule has 0 fully saturated rings. The summed E-state index contributed by atoms with van der Waals surface area (Å²) in [6, 6.07) is 60.8. The lowest BCUT2D eigenvalue weighted by Gasteiger charge is -2.30. The molecule has 9 aromatic rings. The molecule has 0 saturated carbocycles. The molecule has 1 aliphatic carbocycles. The Balaban J connectivity index is 1.20. The van der Waals surface area contributed by atoms with E-state index in [0.717, 1.165) is 34.4 Å². The maximum Gasteiger partial charge on any atom is 0.137 e. The lowest BCUT2D eigenvalue weighted by Crippen LogP contribution is -2.18. The fraction of sp³-hybridized carbons (Fsp3) is 0.0612. The molecule has 10 rings (SSSR count). The number of anilines is 6. The molecule has 0 saturated heterocycles. The van der Waals surface area contributed by atoms with Crippen molar-refractivity contribution in [2.24, 2.45) is 0 Å². The normalized spacial score (nSPS) is 12.9. The Morgan fingerprint density at radius 1 is 0.415 bits per heavy atom. The molecule has 4 heteroatoms. The van der Waals surface area contributed by atoms with E-state index in [4.69, 9.17) is 9.97 Å². The highest BCUT2D eigenvalue weighted by Crippen LogP contribution is 2.56. The number of hydrogen-bond acceptors (Lipinski definition) is 4. The van der Waals surface area contributed by atoms with Crippen LogP contribution in [0.1, 0.15) is 25.0 Å². The van der Waals surface area contributed by atoms with Crippen molar-refractivity contribution >= 4 is 66.7 Å². The Morgan fingerprint density at radius 2 is 0.943 bits per heavy atom. The maximum atomic E-state index is 4.94. The highest BCUT2D eigenvalue weighted by molar-refractivity contribution is 6.12. The van der Waals surface area contributed by atoms with E-state index in [0.29, 0.717) is 0 Å². The first-order valence-corrected chi connectivity index (χ1v) is 18.2. The van der Waals surface area contributed by atoms with Crippen molar-refractivity contribution in [2.75, 3.05) is 9.80 Å². The van der Waals surface area contributed by atoms with Crippen molar-refractivity contribution in [1.82, 2.24) is 9.97 Å². The Bertz CT molecular complexity index is 2820. The number of pyridine rings is 2. The van der Waals surface area contributed by atoms with E-state index >= 15 is 0 Å². The molecule has 252 valence electrons. The first-order chi connectivity index (χ1) is 26.1. The summed E-state index contributed by atoms with van der Waals surface area (Å²) in [4.78, 5) is 14.5. The summed E-state index contributed by atoms with van der Waals surface area (Å²) < 4.78 is 0. The van der Waals surface area contributed by atoms with Crippen molar-refractivity contribution in [1.29, 1.82) is 0 Å². The van der Waals surface area contributed by atoms with Gasteiger partial charge in [-0.25, -0.2) is 9.97 Å². The van der Waals surface area contributed by atoms with Crippen LogP contribution in [0.5, 0.6) is 0 Å². The monoisotopic (exact) mass is 680 g/mol. The largest absolute Gasteiger partial charge is 0.294 e. The van der Waals surface area contributed by atoms with Gasteiger partial charge in [-0.1, -0.05) is 129 Å². The van der Waals surface area contributed by atoms with Gasteiger partial charge < -0.3 is 0 Å². The molecule has 0 atom stereocenters. The van der Waals surface area contributed by atoms with Crippen LogP contribution >= 0.6 is 0 Å². The third kappa shape index (κ3) is 4.91. The molecule has 0 N–H and O–H groups in total. The zero-order valence-corrected chi connectivity index (χ0v) is 29.6. The zero-order valence-electron chi connectivity index (χ0n) is 29.6. The number of aromatic nitrogens is 2. The van der Waals surface area contributed by atoms with Crippen molar-refractivity contribution in [3.8, 4) is 11.1 Å². The van der Waals surface area contributed by atoms with E-state index in [1.165, 1.54) is 54.6 Å². The van der Waals surface area contributed by atoms with E-state index in [1.807, 2.05) is 24.5 Å². The molecule has 53 heavy (non-hydrogen) atoms. The molecule has 2 aromatic heterocycles. The predicted octanol–water partition coefficient (Wildman–Crippen LogP) is 13.2. The molecule has 4 nitrogen and oxygen atoms in total. The quantitative estimate of drug-likeness (QED) is 0.175. The minimum atomic E-state index is -0.303. The van der Waals surface area contributed by atoms with Crippen molar-refractivity contribution in [2.45, 2.75) is 19.3 Å². The molecule has 0 spiro atoms. The van der Waals surface area contributed by atoms with Gasteiger partial charge in [0.25, 0.3) is 0 Å². The molecular weight excluding hydrogens is 645 g/mol. The van der Waals surface area contributed by atoms with Crippen LogP contribution in [0.3, 0.4) is 0 Å². The molecule has 0 bridgehead atoms. The van der Waals surface area contributed by atoms with Gasteiger partial charge in [0.1, 0.15) is 11.6 Å². The number of benzene rings is 7. The highest BCUT2D eigenvalue weighted by Gasteiger charge is 2.39. The van der Waals surface area contributed by atoms with Crippen molar-refractivity contribution in [3.05, 3.63) is 193 Å². The number of hydrogen-bond donors (Lipinski definition) is 0. The third-order valence-corrected chi connectivity index (χ3v) is 10.9. The smallest absolute Gasteiger partial charge is 0.137 e. The standard InChI is InChI=1S/C49H36N4/c1-49(2)41-31-35(52(46-25-9-11-29-50-46)43-23-13-17-33-15-3-5-19-36(33)43)27-28-40(41)48-39-22-8-7-21-38(39)45(32-42(48)49)53(47-26-10-12-30-51-47)44-24-14-18-34-16-4-6-20-37(34)44/h3-32H,1-2H3. The van der Waals surface area contributed by atoms with Gasteiger partial charge in [0.15, 0.2) is 0 Å². The number of nitrogens with zero attached hydrogens (tertiary/aromatic N) is 4. The first-order valence-electron chi connectivity index (χ1n) is 18.2. The maximum absolute atomic E-state index is 4.94. The third-order valence-electron chi connectivity index (χ3n) is 10.9. The summed E-state index contributed by atoms with van der Waals surface area (Å²) in [5.74, 6) is 1.76. The van der Waals surface area contributed by atoms with Crippen LogP contribution in [0, 0.1) is 0 Å². The summed E-state index contributed by atoms with van der Waals surface area (Å²) in [6.07, 6.45) is 3.76. The van der Waals surface area contributed by atoms with Gasteiger partial charge in [0.2, 0.25) is 0 Å². The second-order valence-electron chi connectivity index (χ2n) is 14.3. The minimum absolute atomic E-state index is 0.303. The lowest BCUT2D eigenvalue weighted by molar-refractivity contribution is 0.661. The molecule has 0 unspecified atom stereocenters. The van der Waals surface area contributed by atoms with E-state index < -0.39 is 0 Å². The molecule has 1 aliphatic rings. The summed E-state index contributed by atoms with van der Waals surface area (Å²) >= 11 is 0. The van der Waals surface area contributed by atoms with E-state index in [9.17, 15) is 0 Å². The van der Waals surface area contributed by atoms with Gasteiger partial charge in [-0.3, -0.25) is 9.80 Å². The fourth-order valence-corrected chi connectivity index (χ4v) is 8.43. The molecule has 0 aliphatic heterocycles. The molecule has 7 aromatic carbocycles. The number of rotatable bonds is 6. The van der Waals surface area contributed by atoms with E-state index in [2.05, 4.69) is 181 Å². The predicted molar refractivity (Wildman–Crippen MR) is 221 cm³/mol. The van der Waals surface area contributed by atoms with Crippen LogP contribution in [-0.2, 0) is 5.41 Å². The molecule has 0 amide bonds. The van der Waals surface area contributed by atoms with Crippen LogP contribution < -0.4 is 9.80 Å². The average Bonchev–Trinajstić information content (AvgIpc) is 3.44. The van der Waals surface area contributed by atoms with Crippen LogP contribution in [0.2, 0.25) is 0 Å². The first kappa shape index (κ1) is 31.0. The van der Waals surface area contributed by atoms with Gasteiger partial charge >= 0.3 is 0 Å². The minimum Gasteiger partial charge on any atom is -0.294 e. The zero-order chi connectivity index (χ0) is 35.5. The Morgan fingerprint density at radius 3 is 1.57 bits per heavy atom. The second kappa shape index (κ2) is 12.2. The summed E-state index contributed by atoms with van der Waals surface area (Å²) in [7, 11) is 0. The topological polar surface area (TPSA) is 32.3 Å². The van der Waals surface area contributed by atoms with Gasteiger partial charge in [0.05, 0.1) is 17.1 Å². The van der Waals surface area contributed by atoms with Crippen LogP contribution in [0.4, 0.5) is 34.4 Å².